The van der Waals surface area contributed by atoms with Gasteiger partial charge in [-0.25, -0.2) is 0 Å². The van der Waals surface area contributed by atoms with Crippen LogP contribution in [0.4, 0.5) is 11.4 Å². The van der Waals surface area contributed by atoms with Gasteiger partial charge in [-0.05, 0) is 41.5 Å². The standard InChI is InChI=1S/C22H20ClN3O4/c1-15(27)25-18-9-6-16(7-10-18)13-24-14-17-8-11-22(20(12-17)26(28)29)30-21-5-3-2-4-19(21)23/h2-12,24H,13-14H2,1H3,(H,25,27). The molecule has 0 spiro atoms. The fraction of sp³-hybridized carbons (Fsp3) is 0.136. The van der Waals surface area contributed by atoms with Gasteiger partial charge in [0.05, 0.1) is 9.95 Å². The van der Waals surface area contributed by atoms with Crippen molar-refractivity contribution >= 4 is 28.9 Å². The topological polar surface area (TPSA) is 93.5 Å². The minimum absolute atomic E-state index is 0.121. The molecule has 8 heteroatoms. The molecule has 1 amide bonds. The molecule has 30 heavy (non-hydrogen) atoms. The van der Waals surface area contributed by atoms with E-state index in [9.17, 15) is 14.9 Å². The molecule has 0 aliphatic rings. The SMILES string of the molecule is CC(=O)Nc1ccc(CNCc2ccc(Oc3ccccc3Cl)c([N+](=O)[O-])c2)cc1. The highest BCUT2D eigenvalue weighted by Gasteiger charge is 2.17. The maximum atomic E-state index is 11.5. The highest BCUT2D eigenvalue weighted by molar-refractivity contribution is 6.32. The summed E-state index contributed by atoms with van der Waals surface area (Å²) in [6.45, 7) is 2.48. The summed E-state index contributed by atoms with van der Waals surface area (Å²) in [5, 5.41) is 17.8. The van der Waals surface area contributed by atoms with Gasteiger partial charge in [0.1, 0.15) is 5.75 Å². The first kappa shape index (κ1) is 21.3. The van der Waals surface area contributed by atoms with Crippen molar-refractivity contribution in [1.29, 1.82) is 0 Å². The molecule has 0 fully saturated rings. The lowest BCUT2D eigenvalue weighted by Crippen LogP contribution is -2.13. The van der Waals surface area contributed by atoms with E-state index in [1.807, 2.05) is 24.3 Å². The van der Waals surface area contributed by atoms with Gasteiger partial charge >= 0.3 is 5.69 Å². The predicted molar refractivity (Wildman–Crippen MR) is 116 cm³/mol. The van der Waals surface area contributed by atoms with E-state index in [0.717, 1.165) is 16.8 Å². The van der Waals surface area contributed by atoms with Crippen LogP contribution in [0.3, 0.4) is 0 Å². The Labute approximate surface area is 178 Å². The zero-order valence-electron chi connectivity index (χ0n) is 16.2. The third kappa shape index (κ3) is 5.79. The second-order valence-electron chi connectivity index (χ2n) is 6.57. The van der Waals surface area contributed by atoms with Crippen molar-refractivity contribution in [3.05, 3.63) is 93.0 Å². The summed E-state index contributed by atoms with van der Waals surface area (Å²) in [6.07, 6.45) is 0. The molecule has 0 aromatic heterocycles. The van der Waals surface area contributed by atoms with Crippen molar-refractivity contribution in [1.82, 2.24) is 5.32 Å². The maximum absolute atomic E-state index is 11.5. The Morgan fingerprint density at radius 2 is 1.67 bits per heavy atom. The monoisotopic (exact) mass is 425 g/mol. The quantitative estimate of drug-likeness (QED) is 0.378. The van der Waals surface area contributed by atoms with Crippen molar-refractivity contribution in [2.24, 2.45) is 0 Å². The van der Waals surface area contributed by atoms with Crippen LogP contribution in [0.15, 0.2) is 66.7 Å². The highest BCUT2D eigenvalue weighted by atomic mass is 35.5. The van der Waals surface area contributed by atoms with Crippen molar-refractivity contribution in [2.75, 3.05) is 5.32 Å². The number of ether oxygens (including phenoxy) is 1. The molecular weight excluding hydrogens is 406 g/mol. The van der Waals surface area contributed by atoms with Crippen molar-refractivity contribution in [2.45, 2.75) is 20.0 Å². The number of benzene rings is 3. The number of nitro benzene ring substituents is 1. The Kier molecular flexibility index (Phi) is 7.00. The Morgan fingerprint density at radius 3 is 2.33 bits per heavy atom. The van der Waals surface area contributed by atoms with Crippen LogP contribution < -0.4 is 15.4 Å². The molecule has 0 radical (unpaired) electrons. The maximum Gasteiger partial charge on any atom is 0.311 e. The molecule has 3 aromatic rings. The average Bonchev–Trinajstić information content (AvgIpc) is 2.71. The number of nitrogens with zero attached hydrogens (tertiary/aromatic N) is 1. The number of hydrogen-bond donors (Lipinski definition) is 2. The van der Waals surface area contributed by atoms with E-state index in [1.165, 1.54) is 13.0 Å². The number of rotatable bonds is 8. The number of amides is 1. The van der Waals surface area contributed by atoms with Crippen molar-refractivity contribution < 1.29 is 14.5 Å². The Bertz CT molecular complexity index is 1050. The van der Waals surface area contributed by atoms with E-state index in [4.69, 9.17) is 16.3 Å². The van der Waals surface area contributed by atoms with E-state index in [0.29, 0.717) is 23.9 Å². The van der Waals surface area contributed by atoms with Gasteiger partial charge in [0.2, 0.25) is 11.7 Å². The van der Waals surface area contributed by atoms with Crippen LogP contribution in [0.2, 0.25) is 5.02 Å². The summed E-state index contributed by atoms with van der Waals surface area (Å²) in [5.74, 6) is 0.366. The first-order valence-corrected chi connectivity index (χ1v) is 9.57. The molecule has 0 aliphatic carbocycles. The van der Waals surface area contributed by atoms with Gasteiger partial charge in [0, 0.05) is 31.8 Å². The number of halogens is 1. The van der Waals surface area contributed by atoms with E-state index in [1.54, 1.807) is 36.4 Å². The molecule has 0 bridgehead atoms. The summed E-state index contributed by atoms with van der Waals surface area (Å²) >= 11 is 6.07. The van der Waals surface area contributed by atoms with Crippen LogP contribution in [-0.2, 0) is 17.9 Å². The van der Waals surface area contributed by atoms with Crippen molar-refractivity contribution in [3.8, 4) is 11.5 Å². The van der Waals surface area contributed by atoms with Gasteiger partial charge in [-0.1, -0.05) is 41.9 Å². The summed E-state index contributed by atoms with van der Waals surface area (Å²) in [5.41, 5.74) is 2.38. The van der Waals surface area contributed by atoms with E-state index in [-0.39, 0.29) is 17.3 Å². The van der Waals surface area contributed by atoms with Crippen LogP contribution in [0.1, 0.15) is 18.1 Å². The lowest BCUT2D eigenvalue weighted by Gasteiger charge is -2.10. The Morgan fingerprint density at radius 1 is 1.00 bits per heavy atom. The van der Waals surface area contributed by atoms with Gasteiger partial charge in [0.25, 0.3) is 0 Å². The number of anilines is 1. The number of nitrogens with one attached hydrogen (secondary N) is 2. The molecule has 3 rings (SSSR count). The zero-order chi connectivity index (χ0) is 21.5. The van der Waals surface area contributed by atoms with Crippen LogP contribution >= 0.6 is 11.6 Å². The Balaban J connectivity index is 1.64. The lowest BCUT2D eigenvalue weighted by molar-refractivity contribution is -0.385. The largest absolute Gasteiger partial charge is 0.449 e. The van der Waals surface area contributed by atoms with Gasteiger partial charge in [-0.2, -0.15) is 0 Å². The fourth-order valence-corrected chi connectivity index (χ4v) is 2.98. The van der Waals surface area contributed by atoms with Crippen LogP contribution in [0.5, 0.6) is 11.5 Å². The highest BCUT2D eigenvalue weighted by Crippen LogP contribution is 2.35. The summed E-state index contributed by atoms with van der Waals surface area (Å²) in [6, 6.07) is 19.1. The summed E-state index contributed by atoms with van der Waals surface area (Å²) in [4.78, 5) is 22.1. The predicted octanol–water partition coefficient (Wildman–Crippen LogP) is 5.29. The zero-order valence-corrected chi connectivity index (χ0v) is 17.0. The van der Waals surface area contributed by atoms with Crippen LogP contribution in [-0.4, -0.2) is 10.8 Å². The molecule has 0 aliphatic heterocycles. The molecule has 2 N–H and O–H groups in total. The van der Waals surface area contributed by atoms with Gasteiger partial charge in [-0.3, -0.25) is 14.9 Å². The molecule has 0 unspecified atom stereocenters. The molecular formula is C22H20ClN3O4. The number of carbonyl (C=O) groups excluding carboxylic acids is 1. The van der Waals surface area contributed by atoms with Crippen LogP contribution in [0.25, 0.3) is 0 Å². The van der Waals surface area contributed by atoms with Crippen molar-refractivity contribution in [3.63, 3.8) is 0 Å². The number of carbonyl (C=O) groups is 1. The van der Waals surface area contributed by atoms with Gasteiger partial charge in [0.15, 0.2) is 0 Å². The van der Waals surface area contributed by atoms with Gasteiger partial charge < -0.3 is 15.4 Å². The van der Waals surface area contributed by atoms with Crippen LogP contribution in [0, 0.1) is 10.1 Å². The second-order valence-corrected chi connectivity index (χ2v) is 6.98. The van der Waals surface area contributed by atoms with Gasteiger partial charge in [-0.15, -0.1) is 0 Å². The molecule has 0 heterocycles. The number of nitro groups is 1. The first-order valence-electron chi connectivity index (χ1n) is 9.19. The third-order valence-corrected chi connectivity index (χ3v) is 4.52. The summed E-state index contributed by atoms with van der Waals surface area (Å²) < 4.78 is 5.65. The smallest absolute Gasteiger partial charge is 0.311 e. The summed E-state index contributed by atoms with van der Waals surface area (Å²) in [7, 11) is 0. The molecule has 0 saturated heterocycles. The normalized spacial score (nSPS) is 10.5. The van der Waals surface area contributed by atoms with E-state index in [2.05, 4.69) is 10.6 Å². The number of para-hydroxylation sites is 1. The number of hydrogen-bond acceptors (Lipinski definition) is 5. The van der Waals surface area contributed by atoms with E-state index < -0.39 is 4.92 Å². The Hall–Kier alpha value is -3.42. The average molecular weight is 426 g/mol. The minimum atomic E-state index is -0.476. The second kappa shape index (κ2) is 9.87. The molecule has 154 valence electrons. The fourth-order valence-electron chi connectivity index (χ4n) is 2.81. The lowest BCUT2D eigenvalue weighted by atomic mass is 10.1. The first-order chi connectivity index (χ1) is 14.4. The third-order valence-electron chi connectivity index (χ3n) is 4.21. The molecule has 0 saturated carbocycles. The van der Waals surface area contributed by atoms with E-state index >= 15 is 0 Å². The molecule has 0 atom stereocenters. The molecule has 7 nitrogen and oxygen atoms in total. The minimum Gasteiger partial charge on any atom is -0.449 e. The molecule has 3 aromatic carbocycles.